The van der Waals surface area contributed by atoms with E-state index in [1.165, 1.54) is 0 Å². The lowest BCUT2D eigenvalue weighted by Crippen LogP contribution is -2.23. The van der Waals surface area contributed by atoms with Crippen molar-refractivity contribution in [3.05, 3.63) is 30.1 Å². The normalized spacial score (nSPS) is 18.1. The number of aliphatic hydroxyl groups excluding tert-OH is 1. The Labute approximate surface area is 111 Å². The molecule has 1 aromatic heterocycles. The molecule has 5 heteroatoms. The van der Waals surface area contributed by atoms with E-state index >= 15 is 0 Å². The molecule has 100 valence electrons. The van der Waals surface area contributed by atoms with Gasteiger partial charge in [-0.05, 0) is 30.7 Å². The van der Waals surface area contributed by atoms with Gasteiger partial charge in [0.25, 0.3) is 0 Å². The zero-order valence-corrected chi connectivity index (χ0v) is 10.9. The van der Waals surface area contributed by atoms with Gasteiger partial charge in [0.05, 0.1) is 7.11 Å². The van der Waals surface area contributed by atoms with Crippen LogP contribution in [0.2, 0.25) is 0 Å². The third-order valence-electron chi connectivity index (χ3n) is 3.56. The molecule has 0 radical (unpaired) electrons. The Morgan fingerprint density at radius 3 is 2.84 bits per heavy atom. The first-order chi connectivity index (χ1) is 9.30. The Bertz CT molecular complexity index is 563. The SMILES string of the molecule is COc1ccc(-c2nc3n(n2)CC(CO)CC3)cc1. The lowest BCUT2D eigenvalue weighted by atomic mass is 10.0. The quantitative estimate of drug-likeness (QED) is 0.907. The summed E-state index contributed by atoms with van der Waals surface area (Å²) in [5.74, 6) is 2.89. The number of benzene rings is 1. The maximum atomic E-state index is 9.22. The average Bonchev–Trinajstić information content (AvgIpc) is 2.90. The molecular formula is C14H17N3O2. The predicted octanol–water partition coefficient (Wildman–Crippen LogP) is 1.51. The summed E-state index contributed by atoms with van der Waals surface area (Å²) >= 11 is 0. The highest BCUT2D eigenvalue weighted by molar-refractivity contribution is 5.55. The Kier molecular flexibility index (Phi) is 3.21. The van der Waals surface area contributed by atoms with Gasteiger partial charge in [0, 0.05) is 31.1 Å². The number of hydrogen-bond acceptors (Lipinski definition) is 4. The number of rotatable bonds is 3. The molecule has 1 atom stereocenters. The highest BCUT2D eigenvalue weighted by Gasteiger charge is 2.21. The first-order valence-electron chi connectivity index (χ1n) is 6.49. The molecule has 0 aliphatic carbocycles. The van der Waals surface area contributed by atoms with Gasteiger partial charge < -0.3 is 9.84 Å². The van der Waals surface area contributed by atoms with Gasteiger partial charge >= 0.3 is 0 Å². The molecular weight excluding hydrogens is 242 g/mol. The largest absolute Gasteiger partial charge is 0.497 e. The summed E-state index contributed by atoms with van der Waals surface area (Å²) in [7, 11) is 1.65. The van der Waals surface area contributed by atoms with Crippen LogP contribution in [0.4, 0.5) is 0 Å². The van der Waals surface area contributed by atoms with Gasteiger partial charge in [-0.1, -0.05) is 0 Å². The topological polar surface area (TPSA) is 60.2 Å². The van der Waals surface area contributed by atoms with Crippen LogP contribution in [0.1, 0.15) is 12.2 Å². The lowest BCUT2D eigenvalue weighted by molar-refractivity contribution is 0.185. The standard InChI is InChI=1S/C14H17N3O2/c1-19-12-5-3-11(4-6-12)14-15-13-7-2-10(9-18)8-17(13)16-14/h3-6,10,18H,2,7-9H2,1H3. The van der Waals surface area contributed by atoms with Gasteiger partial charge in [-0.2, -0.15) is 5.10 Å². The maximum Gasteiger partial charge on any atom is 0.181 e. The second-order valence-electron chi connectivity index (χ2n) is 4.85. The first kappa shape index (κ1) is 12.2. The summed E-state index contributed by atoms with van der Waals surface area (Å²) in [5, 5.41) is 13.8. The van der Waals surface area contributed by atoms with Crippen molar-refractivity contribution < 1.29 is 9.84 Å². The van der Waals surface area contributed by atoms with Crippen molar-refractivity contribution in [1.29, 1.82) is 0 Å². The van der Waals surface area contributed by atoms with Crippen molar-refractivity contribution in [2.45, 2.75) is 19.4 Å². The summed E-state index contributed by atoms with van der Waals surface area (Å²) in [6.07, 6.45) is 1.87. The van der Waals surface area contributed by atoms with Crippen LogP contribution >= 0.6 is 0 Å². The van der Waals surface area contributed by atoms with E-state index in [4.69, 9.17) is 4.74 Å². The predicted molar refractivity (Wildman–Crippen MR) is 70.9 cm³/mol. The monoisotopic (exact) mass is 259 g/mol. The molecule has 2 aromatic rings. The third-order valence-corrected chi connectivity index (χ3v) is 3.56. The van der Waals surface area contributed by atoms with Crippen molar-refractivity contribution in [2.75, 3.05) is 13.7 Å². The molecule has 5 nitrogen and oxygen atoms in total. The van der Waals surface area contributed by atoms with Crippen molar-refractivity contribution in [2.24, 2.45) is 5.92 Å². The Balaban J connectivity index is 1.88. The van der Waals surface area contributed by atoms with Gasteiger partial charge in [0.2, 0.25) is 0 Å². The van der Waals surface area contributed by atoms with Crippen molar-refractivity contribution in [3.63, 3.8) is 0 Å². The zero-order chi connectivity index (χ0) is 13.2. The third kappa shape index (κ3) is 2.33. The Hall–Kier alpha value is -1.88. The summed E-state index contributed by atoms with van der Waals surface area (Å²) in [6.45, 7) is 0.978. The van der Waals surface area contributed by atoms with Gasteiger partial charge in [-0.25, -0.2) is 9.67 Å². The summed E-state index contributed by atoms with van der Waals surface area (Å²) in [6, 6.07) is 7.74. The number of nitrogens with zero attached hydrogens (tertiary/aromatic N) is 3. The summed E-state index contributed by atoms with van der Waals surface area (Å²) in [4.78, 5) is 4.57. The van der Waals surface area contributed by atoms with Crippen LogP contribution in [-0.4, -0.2) is 33.6 Å². The van der Waals surface area contributed by atoms with E-state index in [0.717, 1.165) is 42.3 Å². The molecule has 1 unspecified atom stereocenters. The van der Waals surface area contributed by atoms with Crippen LogP contribution in [0, 0.1) is 5.92 Å². The van der Waals surface area contributed by atoms with Gasteiger partial charge in [0.1, 0.15) is 11.6 Å². The minimum absolute atomic E-state index is 0.219. The smallest absolute Gasteiger partial charge is 0.181 e. The maximum absolute atomic E-state index is 9.22. The van der Waals surface area contributed by atoms with Crippen LogP contribution in [0.3, 0.4) is 0 Å². The molecule has 1 aliphatic heterocycles. The van der Waals surface area contributed by atoms with E-state index in [-0.39, 0.29) is 6.61 Å². The van der Waals surface area contributed by atoms with Crippen molar-refractivity contribution in [1.82, 2.24) is 14.8 Å². The second-order valence-corrected chi connectivity index (χ2v) is 4.85. The molecule has 0 saturated heterocycles. The van der Waals surface area contributed by atoms with E-state index in [9.17, 15) is 5.11 Å². The van der Waals surface area contributed by atoms with Gasteiger partial charge in [-0.15, -0.1) is 0 Å². The summed E-state index contributed by atoms with van der Waals surface area (Å²) in [5.41, 5.74) is 0.989. The van der Waals surface area contributed by atoms with E-state index in [1.54, 1.807) is 7.11 Å². The van der Waals surface area contributed by atoms with E-state index in [2.05, 4.69) is 10.1 Å². The molecule has 0 saturated carbocycles. The minimum atomic E-state index is 0.219. The van der Waals surface area contributed by atoms with Crippen LogP contribution in [0.15, 0.2) is 24.3 Å². The molecule has 19 heavy (non-hydrogen) atoms. The zero-order valence-electron chi connectivity index (χ0n) is 10.9. The summed E-state index contributed by atoms with van der Waals surface area (Å²) < 4.78 is 7.06. The Morgan fingerprint density at radius 1 is 1.37 bits per heavy atom. The van der Waals surface area contributed by atoms with Gasteiger partial charge in [-0.3, -0.25) is 0 Å². The molecule has 0 fully saturated rings. The van der Waals surface area contributed by atoms with Gasteiger partial charge in [0.15, 0.2) is 5.82 Å². The molecule has 3 rings (SSSR count). The molecule has 0 spiro atoms. The number of methoxy groups -OCH3 is 1. The Morgan fingerprint density at radius 2 is 2.16 bits per heavy atom. The van der Waals surface area contributed by atoms with Crippen LogP contribution in [-0.2, 0) is 13.0 Å². The minimum Gasteiger partial charge on any atom is -0.497 e. The van der Waals surface area contributed by atoms with E-state index in [1.807, 2.05) is 28.9 Å². The van der Waals surface area contributed by atoms with Crippen LogP contribution < -0.4 is 4.74 Å². The fourth-order valence-corrected chi connectivity index (χ4v) is 2.39. The number of ether oxygens (including phenoxy) is 1. The van der Waals surface area contributed by atoms with E-state index in [0.29, 0.717) is 5.92 Å². The second kappa shape index (κ2) is 5.01. The number of aliphatic hydroxyl groups is 1. The van der Waals surface area contributed by atoms with Crippen LogP contribution in [0.5, 0.6) is 5.75 Å². The number of aryl methyl sites for hydroxylation is 1. The first-order valence-corrected chi connectivity index (χ1v) is 6.49. The number of hydrogen-bond donors (Lipinski definition) is 1. The van der Waals surface area contributed by atoms with Crippen molar-refractivity contribution >= 4 is 0 Å². The molecule has 1 aromatic carbocycles. The molecule has 1 aliphatic rings. The molecule has 0 bridgehead atoms. The van der Waals surface area contributed by atoms with E-state index < -0.39 is 0 Å². The highest BCUT2D eigenvalue weighted by Crippen LogP contribution is 2.23. The number of fused-ring (bicyclic) bond motifs is 1. The fourth-order valence-electron chi connectivity index (χ4n) is 2.39. The fraction of sp³-hybridized carbons (Fsp3) is 0.429. The highest BCUT2D eigenvalue weighted by atomic mass is 16.5. The van der Waals surface area contributed by atoms with Crippen molar-refractivity contribution in [3.8, 4) is 17.1 Å². The number of aromatic nitrogens is 3. The molecule has 1 N–H and O–H groups in total. The molecule has 2 heterocycles. The average molecular weight is 259 g/mol. The lowest BCUT2D eigenvalue weighted by Gasteiger charge is -2.19. The molecule has 0 amide bonds. The van der Waals surface area contributed by atoms with Crippen LogP contribution in [0.25, 0.3) is 11.4 Å².